The first-order chi connectivity index (χ1) is 16.8. The van der Waals surface area contributed by atoms with Crippen LogP contribution < -0.4 is 0 Å². The molecular formula is C14H48Cl8N8O12Pt4. The van der Waals surface area contributed by atoms with Crippen molar-refractivity contribution in [2.45, 2.75) is 46.5 Å². The summed E-state index contributed by atoms with van der Waals surface area (Å²) in [5.74, 6) is -2.95. The number of ether oxygens (including phenoxy) is 1. The molecule has 1 heterocycles. The molecule has 1 aliphatic heterocycles. The van der Waals surface area contributed by atoms with Gasteiger partial charge >= 0.3 is 165 Å². The molecule has 46 heavy (non-hydrogen) atoms. The summed E-state index contributed by atoms with van der Waals surface area (Å²) < 4.78 is 4.08. The van der Waals surface area contributed by atoms with Gasteiger partial charge in [-0.3, -0.25) is 19.2 Å². The van der Waals surface area contributed by atoms with Crippen molar-refractivity contribution in [1.82, 2.24) is 0 Å². The molecule has 1 saturated heterocycles. The second-order valence-electron chi connectivity index (χ2n) is 3.76. The van der Waals surface area contributed by atoms with Gasteiger partial charge in [-0.2, -0.15) is 0 Å². The summed E-state index contributed by atoms with van der Waals surface area (Å²) in [5, 5.41) is 38.5. The zero-order valence-corrected chi connectivity index (χ0v) is 39.3. The Kier molecular flexibility index (Phi) is 373. The van der Waals surface area contributed by atoms with Gasteiger partial charge in [0.2, 0.25) is 0 Å². The fraction of sp³-hybridized carbons (Fsp3) is 0.714. The van der Waals surface area contributed by atoms with Gasteiger partial charge in [0.05, 0.1) is 25.7 Å². The van der Waals surface area contributed by atoms with E-state index in [1.807, 2.05) is 0 Å². The van der Waals surface area contributed by atoms with Gasteiger partial charge in [0, 0.05) is 19.8 Å². The van der Waals surface area contributed by atoms with Crippen LogP contribution in [-0.2, 0) is 89.8 Å². The predicted octanol–water partition coefficient (Wildman–Crippen LogP) is 9.38. The first kappa shape index (κ1) is 118. The van der Waals surface area contributed by atoms with Crippen molar-refractivity contribution in [2.75, 3.05) is 19.8 Å². The standard InChI is InChI=1S/C4H6O4.C4H4O3.3C2H6O.8ClH.8H2N.2H2O.4Pt/c5-3(6)1-2-4(7)8;5-3-1-2-4(6)7-3;3*1-2-3;;;;;;;;;;;;;;;;;;;;;;/h1-2H2,(H,5,6)(H,7,8);1-2H2;3*3H,2H2,1H3;8*1H;10*1H2;;;;/q;;;;;;;;;;;;;8*-1;;;4*+4/p-8. The Morgan fingerprint density at radius 2 is 0.652 bits per heavy atom. The summed E-state index contributed by atoms with van der Waals surface area (Å²) in [4.78, 5) is 39.3. The van der Waals surface area contributed by atoms with E-state index in [0.29, 0.717) is 0 Å². The van der Waals surface area contributed by atoms with E-state index < -0.39 is 89.8 Å². The molecule has 20 nitrogen and oxygen atoms in total. The Morgan fingerprint density at radius 1 is 0.543 bits per heavy atom. The van der Waals surface area contributed by atoms with Crippen molar-refractivity contribution in [3.8, 4) is 0 Å². The van der Waals surface area contributed by atoms with Crippen molar-refractivity contribution in [3.63, 3.8) is 0 Å². The largest absolute Gasteiger partial charge is 0.693 e. The summed E-state index contributed by atoms with van der Waals surface area (Å²) >= 11 is -1.89. The third-order valence-corrected chi connectivity index (χ3v) is 1.31. The van der Waals surface area contributed by atoms with E-state index in [-0.39, 0.29) is 106 Å². The molecule has 0 radical (unpaired) electrons. The van der Waals surface area contributed by atoms with Crippen LogP contribution in [0.25, 0.3) is 49.2 Å². The molecule has 0 aromatic carbocycles. The molecule has 1 rings (SSSR count). The molecule has 0 atom stereocenters. The molecule has 0 saturated carbocycles. The van der Waals surface area contributed by atoms with Crippen LogP contribution in [0, 0.1) is 0 Å². The quantitative estimate of drug-likeness (QED) is 0.132. The summed E-state index contributed by atoms with van der Waals surface area (Å²) in [6, 6.07) is 0. The van der Waals surface area contributed by atoms with Crippen LogP contribution in [0.4, 0.5) is 0 Å². The van der Waals surface area contributed by atoms with Crippen LogP contribution in [0.5, 0.6) is 0 Å². The number of aliphatic hydroxyl groups is 3. The number of carbonyl (C=O) groups is 4. The maximum atomic E-state index is 10.0. The Labute approximate surface area is 337 Å². The number of aliphatic carboxylic acids is 2. The number of carboxylic acid groups (broad SMARTS) is 2. The maximum absolute atomic E-state index is 10.0. The molecular weight excluding hydrogens is 1540 g/mol. The fourth-order valence-electron chi connectivity index (χ4n) is 0.647. The number of halogens is 8. The van der Waals surface area contributed by atoms with E-state index >= 15 is 0 Å². The van der Waals surface area contributed by atoms with Gasteiger partial charge in [-0.25, -0.2) is 0 Å². The van der Waals surface area contributed by atoms with Gasteiger partial charge in [-0.15, -0.1) is 0 Å². The van der Waals surface area contributed by atoms with Crippen LogP contribution in [0.15, 0.2) is 0 Å². The smallest absolute Gasteiger partial charge is 0.693 e. The second-order valence-corrected chi connectivity index (χ2v) is 16.9. The SMILES string of the molecule is CCO.CCO.CCO.O.O.O=C(O)CCC(=O)O.O=C1CCC(=O)O1.[Cl][Pt+2][Cl].[Cl][Pt+2][Cl].[Cl][Pt+2][Cl].[Cl][Pt+2][Cl].[NH2-].[NH2-].[NH2-].[NH2-].[NH2-].[NH2-].[NH2-].[NH2-]. The van der Waals surface area contributed by atoms with Crippen LogP contribution in [0.2, 0.25) is 0 Å². The van der Waals surface area contributed by atoms with Crippen LogP contribution in [-0.4, -0.2) is 80.2 Å². The third-order valence-electron chi connectivity index (χ3n) is 1.31. The Morgan fingerprint density at radius 3 is 0.696 bits per heavy atom. The molecule has 32 heteroatoms. The molecule has 0 bridgehead atoms. The fourth-order valence-corrected chi connectivity index (χ4v) is 0.647. The monoisotopic (exact) mass is 1580 g/mol. The minimum atomic E-state index is -1.08. The first-order valence-corrected chi connectivity index (χ1v) is 30.6. The van der Waals surface area contributed by atoms with E-state index in [0.717, 1.165) is 0 Å². The summed E-state index contributed by atoms with van der Waals surface area (Å²) in [6.07, 6.45) is -0.0671. The number of esters is 2. The Balaban J connectivity index is -0.0000000121. The number of cyclic esters (lactones) is 2. The molecule has 0 aromatic rings. The number of nitrogens with two attached hydrogens (primary N) is 8. The van der Waals surface area contributed by atoms with E-state index in [1.54, 1.807) is 20.8 Å². The van der Waals surface area contributed by atoms with Gasteiger partial charge < -0.3 is 90.4 Å². The number of rotatable bonds is 3. The molecule has 0 aliphatic carbocycles. The average Bonchev–Trinajstić information content (AvgIpc) is 3.14. The third kappa shape index (κ3) is 351. The number of hydrogen-bond donors (Lipinski definition) is 5. The molecule has 25 N–H and O–H groups in total. The molecule has 0 unspecified atom stereocenters. The Bertz CT molecular complexity index is 410. The first-order valence-electron chi connectivity index (χ1n) is 8.11. The van der Waals surface area contributed by atoms with E-state index in [1.165, 1.54) is 0 Å². The maximum Gasteiger partial charge on any atom is -0.693 e. The number of carbonyl (C=O) groups excluding carboxylic acids is 2. The van der Waals surface area contributed by atoms with Gasteiger partial charge in [0.25, 0.3) is 0 Å². The zero-order valence-electron chi connectivity index (χ0n) is 24.1. The van der Waals surface area contributed by atoms with Crippen molar-refractivity contribution in [2.24, 2.45) is 0 Å². The summed E-state index contributed by atoms with van der Waals surface area (Å²) in [5.41, 5.74) is 0. The van der Waals surface area contributed by atoms with Gasteiger partial charge in [0.1, 0.15) is 0 Å². The topological polar surface area (TPSA) is 510 Å². The number of hydrogen-bond acceptors (Lipinski definition) is 8. The predicted molar refractivity (Wildman–Crippen MR) is 179 cm³/mol. The van der Waals surface area contributed by atoms with E-state index in [2.05, 4.69) is 4.74 Å². The zero-order chi connectivity index (χ0) is 30.8. The molecule has 1 aliphatic rings. The van der Waals surface area contributed by atoms with Crippen molar-refractivity contribution < 1.29 is 126 Å². The van der Waals surface area contributed by atoms with Crippen LogP contribution >= 0.6 is 75.3 Å². The second kappa shape index (κ2) is 146. The minimum Gasteiger partial charge on any atom is -0.693 e. The number of carboxylic acids is 2. The summed E-state index contributed by atoms with van der Waals surface area (Å²) in [6.45, 7) is 5.79. The number of aliphatic hydroxyl groups excluding tert-OH is 3. The normalized spacial score (nSPS) is 7.61. The van der Waals surface area contributed by atoms with Crippen molar-refractivity contribution in [3.05, 3.63) is 49.2 Å². The average molecular weight is 1580 g/mol. The van der Waals surface area contributed by atoms with Gasteiger partial charge in [-0.1, -0.05) is 0 Å². The van der Waals surface area contributed by atoms with E-state index in [4.69, 9.17) is 101 Å². The van der Waals surface area contributed by atoms with Crippen LogP contribution in [0.1, 0.15) is 46.5 Å². The Hall–Kier alpha value is 2.63. The van der Waals surface area contributed by atoms with Gasteiger partial charge in [-0.05, 0) is 20.8 Å². The molecule has 1 fully saturated rings. The molecule has 312 valence electrons. The minimum absolute atomic E-state index is 0. The molecule has 0 amide bonds. The van der Waals surface area contributed by atoms with Crippen molar-refractivity contribution >= 4 is 99.2 Å². The van der Waals surface area contributed by atoms with E-state index in [9.17, 15) is 19.2 Å². The van der Waals surface area contributed by atoms with Crippen molar-refractivity contribution in [1.29, 1.82) is 0 Å². The molecule has 0 aromatic heterocycles. The van der Waals surface area contributed by atoms with Gasteiger partial charge in [0.15, 0.2) is 0 Å². The summed E-state index contributed by atoms with van der Waals surface area (Å²) in [7, 11) is 39.0. The molecule has 0 spiro atoms. The van der Waals surface area contributed by atoms with Crippen LogP contribution in [0.3, 0.4) is 0 Å².